The Kier molecular flexibility index (Phi) is 7.00. The molecule has 44 heavy (non-hydrogen) atoms. The van der Waals surface area contributed by atoms with Crippen LogP contribution >= 0.6 is 11.6 Å². The Morgan fingerprint density at radius 1 is 0.864 bits per heavy atom. The van der Waals surface area contributed by atoms with E-state index < -0.39 is 21.5 Å². The zero-order valence-corrected chi connectivity index (χ0v) is 25.4. The summed E-state index contributed by atoms with van der Waals surface area (Å²) in [4.78, 5) is 28.1. The molecule has 1 fully saturated rings. The summed E-state index contributed by atoms with van der Waals surface area (Å²) in [5.74, 6) is -0.158. The van der Waals surface area contributed by atoms with Gasteiger partial charge in [0.15, 0.2) is 5.54 Å². The Bertz CT molecular complexity index is 2000. The molecule has 0 saturated carbocycles. The summed E-state index contributed by atoms with van der Waals surface area (Å²) in [6, 6.07) is 24.5. The number of methoxy groups -OCH3 is 1. The number of aromatic nitrogens is 2. The van der Waals surface area contributed by atoms with Crippen molar-refractivity contribution < 1.29 is 17.9 Å². The van der Waals surface area contributed by atoms with E-state index in [1.54, 1.807) is 68.0 Å². The van der Waals surface area contributed by atoms with Gasteiger partial charge in [0.05, 0.1) is 30.2 Å². The van der Waals surface area contributed by atoms with Crippen LogP contribution in [0.4, 0.5) is 11.4 Å². The molecule has 0 radical (unpaired) electrons. The van der Waals surface area contributed by atoms with Gasteiger partial charge in [0.25, 0.3) is 15.9 Å². The Morgan fingerprint density at radius 2 is 1.64 bits per heavy atom. The second-order valence-electron chi connectivity index (χ2n) is 10.7. The maximum atomic E-state index is 15.2. The fourth-order valence-corrected chi connectivity index (χ4v) is 8.29. The first-order valence-electron chi connectivity index (χ1n) is 14.1. The third-order valence-electron chi connectivity index (χ3n) is 8.44. The number of nitrogens with zero attached hydrogens (tertiary/aromatic N) is 5. The molecule has 3 aromatic carbocycles. The smallest absolute Gasteiger partial charge is 0.273 e. The van der Waals surface area contributed by atoms with Gasteiger partial charge in [0.2, 0.25) is 0 Å². The van der Waals surface area contributed by atoms with Crippen molar-refractivity contribution in [3.63, 3.8) is 0 Å². The topological polar surface area (TPSA) is 95.9 Å². The molecule has 1 atom stereocenters. The summed E-state index contributed by atoms with van der Waals surface area (Å²) in [5.41, 5.74) is 0.989. The van der Waals surface area contributed by atoms with Gasteiger partial charge in [-0.05, 0) is 48.5 Å². The Balaban J connectivity index is 1.44. The van der Waals surface area contributed by atoms with Gasteiger partial charge in [0.1, 0.15) is 10.6 Å². The third kappa shape index (κ3) is 4.24. The molecular weight excluding hydrogens is 598 g/mol. The Hall–Kier alpha value is -4.51. The molecule has 0 N–H and O–H groups in total. The van der Waals surface area contributed by atoms with Crippen LogP contribution in [0.25, 0.3) is 10.9 Å². The maximum Gasteiger partial charge on any atom is 0.273 e. The number of amides is 1. The highest BCUT2D eigenvalue weighted by atomic mass is 35.5. The molecule has 7 rings (SSSR count). The van der Waals surface area contributed by atoms with Crippen molar-refractivity contribution in [1.82, 2.24) is 14.9 Å². The van der Waals surface area contributed by atoms with Crippen molar-refractivity contribution in [2.75, 3.05) is 42.5 Å². The van der Waals surface area contributed by atoms with Crippen molar-refractivity contribution in [3.8, 4) is 5.75 Å². The molecule has 1 amide bonds. The molecule has 222 valence electrons. The molecule has 0 bridgehead atoms. The lowest BCUT2D eigenvalue weighted by atomic mass is 9.81. The number of hydrogen-bond donors (Lipinski definition) is 0. The summed E-state index contributed by atoms with van der Waals surface area (Å²) in [5, 5.41) is 1.04. The molecule has 4 heterocycles. The lowest BCUT2D eigenvalue weighted by Gasteiger charge is -2.45. The first-order valence-corrected chi connectivity index (χ1v) is 16.0. The average molecular weight is 626 g/mol. The van der Waals surface area contributed by atoms with Crippen LogP contribution in [0.1, 0.15) is 11.1 Å². The number of anilines is 2. The SMILES string of the molecule is COc1ccccc1C1(N2CCN(c3cccnc3)CC2)C(=O)N(S(=O)(=O)c2cccc3cccnc23)c2ccc(Cl)cc21. The quantitative estimate of drug-likeness (QED) is 0.257. The number of benzene rings is 3. The number of halogens is 1. The Labute approximate surface area is 260 Å². The molecule has 1 unspecified atom stereocenters. The van der Waals surface area contributed by atoms with Crippen molar-refractivity contribution in [1.29, 1.82) is 0 Å². The summed E-state index contributed by atoms with van der Waals surface area (Å²) in [6.45, 7) is 2.08. The molecule has 1 saturated heterocycles. The molecule has 5 aromatic rings. The van der Waals surface area contributed by atoms with Crippen LogP contribution < -0.4 is 13.9 Å². The van der Waals surface area contributed by atoms with Gasteiger partial charge in [-0.25, -0.2) is 12.7 Å². The van der Waals surface area contributed by atoms with Crippen molar-refractivity contribution in [2.45, 2.75) is 10.4 Å². The van der Waals surface area contributed by atoms with Gasteiger partial charge in [-0.1, -0.05) is 48.0 Å². The summed E-state index contributed by atoms with van der Waals surface area (Å²) < 4.78 is 36.1. The molecule has 0 spiro atoms. The molecule has 11 heteroatoms. The number of para-hydroxylation sites is 2. The van der Waals surface area contributed by atoms with E-state index in [4.69, 9.17) is 16.3 Å². The van der Waals surface area contributed by atoms with E-state index in [9.17, 15) is 8.42 Å². The number of rotatable bonds is 6. The number of fused-ring (bicyclic) bond motifs is 2. The lowest BCUT2D eigenvalue weighted by molar-refractivity contribution is -0.127. The van der Waals surface area contributed by atoms with Gasteiger partial charge in [-0.3, -0.25) is 19.7 Å². The normalized spacial score (nSPS) is 18.9. The van der Waals surface area contributed by atoms with Crippen LogP contribution in [0.15, 0.2) is 108 Å². The molecule has 0 aliphatic carbocycles. The largest absolute Gasteiger partial charge is 0.496 e. The van der Waals surface area contributed by atoms with E-state index in [2.05, 4.69) is 14.9 Å². The number of carbonyl (C=O) groups is 1. The summed E-state index contributed by atoms with van der Waals surface area (Å²) >= 11 is 6.60. The number of pyridine rings is 2. The lowest BCUT2D eigenvalue weighted by Crippen LogP contribution is -2.60. The second-order valence-corrected chi connectivity index (χ2v) is 12.9. The highest BCUT2D eigenvalue weighted by molar-refractivity contribution is 7.93. The molecule has 2 aromatic heterocycles. The zero-order valence-electron chi connectivity index (χ0n) is 23.8. The van der Waals surface area contributed by atoms with Crippen LogP contribution in [0.3, 0.4) is 0 Å². The first-order chi connectivity index (χ1) is 21.4. The fraction of sp³-hybridized carbons (Fsp3) is 0.182. The van der Waals surface area contributed by atoms with Gasteiger partial charge >= 0.3 is 0 Å². The Morgan fingerprint density at radius 3 is 2.41 bits per heavy atom. The van der Waals surface area contributed by atoms with Crippen LogP contribution in [-0.4, -0.2) is 62.5 Å². The monoisotopic (exact) mass is 625 g/mol. The average Bonchev–Trinajstić information content (AvgIpc) is 3.33. The first kappa shape index (κ1) is 28.3. The fourth-order valence-electron chi connectivity index (χ4n) is 6.49. The number of ether oxygens (including phenoxy) is 1. The zero-order chi connectivity index (χ0) is 30.5. The van der Waals surface area contributed by atoms with Gasteiger partial charge in [-0.2, -0.15) is 0 Å². The minimum Gasteiger partial charge on any atom is -0.496 e. The summed E-state index contributed by atoms with van der Waals surface area (Å²) in [7, 11) is -2.90. The van der Waals surface area contributed by atoms with E-state index in [0.717, 1.165) is 9.99 Å². The summed E-state index contributed by atoms with van der Waals surface area (Å²) in [6.07, 6.45) is 5.09. The highest BCUT2D eigenvalue weighted by Gasteiger charge is 2.60. The standard InChI is InChI=1S/C33H28ClN5O4S/c1-43-29-11-3-2-10-26(29)33(38-19-17-37(18-20-38)25-9-6-15-35-22-25)27-21-24(34)13-14-28(27)39(32(33)40)44(41,42)30-12-4-7-23-8-5-16-36-31(23)30/h2-16,21-22H,17-20H2,1H3. The number of carbonyl (C=O) groups excluding carboxylic acids is 1. The second kappa shape index (κ2) is 10.9. The number of piperazine rings is 1. The maximum absolute atomic E-state index is 15.2. The van der Waals surface area contributed by atoms with E-state index >= 15 is 4.79 Å². The van der Waals surface area contributed by atoms with Gasteiger partial charge in [0, 0.05) is 60.1 Å². The molecule has 2 aliphatic heterocycles. The minimum absolute atomic E-state index is 0.0536. The van der Waals surface area contributed by atoms with Crippen LogP contribution in [0.5, 0.6) is 5.75 Å². The van der Waals surface area contributed by atoms with Gasteiger partial charge < -0.3 is 9.64 Å². The highest BCUT2D eigenvalue weighted by Crippen LogP contribution is 2.53. The van der Waals surface area contributed by atoms with Gasteiger partial charge in [-0.15, -0.1) is 0 Å². The molecule has 9 nitrogen and oxygen atoms in total. The van der Waals surface area contributed by atoms with Crippen LogP contribution in [-0.2, 0) is 20.4 Å². The number of hydrogen-bond acceptors (Lipinski definition) is 8. The predicted molar refractivity (Wildman–Crippen MR) is 170 cm³/mol. The molecular formula is C33H28ClN5O4S. The minimum atomic E-state index is -4.44. The predicted octanol–water partition coefficient (Wildman–Crippen LogP) is 5.09. The third-order valence-corrected chi connectivity index (χ3v) is 10.4. The molecule has 2 aliphatic rings. The van der Waals surface area contributed by atoms with E-state index in [0.29, 0.717) is 53.5 Å². The van der Waals surface area contributed by atoms with Crippen molar-refractivity contribution >= 4 is 49.8 Å². The van der Waals surface area contributed by atoms with Crippen LogP contribution in [0, 0.1) is 0 Å². The van der Waals surface area contributed by atoms with E-state index in [1.807, 2.05) is 41.4 Å². The number of sulfonamides is 1. The van der Waals surface area contributed by atoms with E-state index in [-0.39, 0.29) is 16.1 Å². The van der Waals surface area contributed by atoms with E-state index in [1.165, 1.54) is 6.07 Å². The van der Waals surface area contributed by atoms with Crippen molar-refractivity contribution in [3.05, 3.63) is 120 Å². The van der Waals surface area contributed by atoms with Crippen molar-refractivity contribution in [2.24, 2.45) is 0 Å². The van der Waals surface area contributed by atoms with Crippen LogP contribution in [0.2, 0.25) is 5.02 Å².